The molecule has 0 bridgehead atoms. The number of hydrogen-bond donors (Lipinski definition) is 3. The predicted molar refractivity (Wildman–Crippen MR) is 111 cm³/mol. The smallest absolute Gasteiger partial charge is 0.325 e. The van der Waals surface area contributed by atoms with Gasteiger partial charge in [0.1, 0.15) is 5.75 Å². The maximum atomic E-state index is 12.2. The molecule has 1 aromatic heterocycles. The number of para-hydroxylation sites is 2. The monoisotopic (exact) mass is 396 g/mol. The second-order valence-electron chi connectivity index (χ2n) is 6.01. The van der Waals surface area contributed by atoms with Crippen LogP contribution in [0.2, 0.25) is 0 Å². The highest BCUT2D eigenvalue weighted by molar-refractivity contribution is 7.14. The van der Waals surface area contributed by atoms with Crippen LogP contribution in [0.15, 0.2) is 53.9 Å². The SMILES string of the molecule is COc1ccccc1NC(=O)Nc1nc(CC(=O)Nc2ccc(C)cc2)cs1. The topological polar surface area (TPSA) is 92.3 Å². The first-order chi connectivity index (χ1) is 13.5. The number of thiazole rings is 1. The van der Waals surface area contributed by atoms with Gasteiger partial charge in [0.2, 0.25) is 5.91 Å². The number of benzene rings is 2. The van der Waals surface area contributed by atoms with Gasteiger partial charge in [0, 0.05) is 11.1 Å². The summed E-state index contributed by atoms with van der Waals surface area (Å²) in [6, 6.07) is 14.2. The lowest BCUT2D eigenvalue weighted by Crippen LogP contribution is -2.20. The van der Waals surface area contributed by atoms with Crippen molar-refractivity contribution in [3.63, 3.8) is 0 Å². The molecule has 2 aromatic carbocycles. The van der Waals surface area contributed by atoms with Crippen molar-refractivity contribution in [1.29, 1.82) is 0 Å². The number of rotatable bonds is 6. The van der Waals surface area contributed by atoms with E-state index in [4.69, 9.17) is 4.74 Å². The Labute approximate surface area is 166 Å². The zero-order valence-electron chi connectivity index (χ0n) is 15.5. The average molecular weight is 396 g/mol. The summed E-state index contributed by atoms with van der Waals surface area (Å²) in [5.74, 6) is 0.393. The van der Waals surface area contributed by atoms with Crippen LogP contribution < -0.4 is 20.7 Å². The van der Waals surface area contributed by atoms with Gasteiger partial charge in [0.15, 0.2) is 5.13 Å². The molecule has 0 fully saturated rings. The van der Waals surface area contributed by atoms with Gasteiger partial charge in [-0.15, -0.1) is 11.3 Å². The predicted octanol–water partition coefficient (Wildman–Crippen LogP) is 4.29. The number of amides is 3. The summed E-state index contributed by atoms with van der Waals surface area (Å²) < 4.78 is 5.20. The lowest BCUT2D eigenvalue weighted by Gasteiger charge is -2.09. The van der Waals surface area contributed by atoms with Crippen molar-refractivity contribution in [3.05, 3.63) is 65.2 Å². The largest absolute Gasteiger partial charge is 0.495 e. The molecule has 3 amide bonds. The molecule has 0 aliphatic heterocycles. The number of carbonyl (C=O) groups is 2. The molecule has 1 heterocycles. The van der Waals surface area contributed by atoms with Crippen LogP contribution in [0.5, 0.6) is 5.75 Å². The molecular formula is C20H20N4O3S. The van der Waals surface area contributed by atoms with Crippen LogP contribution in [0.1, 0.15) is 11.3 Å². The number of nitrogens with one attached hydrogen (secondary N) is 3. The summed E-state index contributed by atoms with van der Waals surface area (Å²) in [7, 11) is 1.53. The number of carbonyl (C=O) groups excluding carboxylic acids is 2. The lowest BCUT2D eigenvalue weighted by molar-refractivity contribution is -0.115. The van der Waals surface area contributed by atoms with E-state index in [9.17, 15) is 9.59 Å². The summed E-state index contributed by atoms with van der Waals surface area (Å²) in [5, 5.41) is 10.3. The third-order valence-electron chi connectivity index (χ3n) is 3.80. The zero-order valence-corrected chi connectivity index (χ0v) is 16.3. The van der Waals surface area contributed by atoms with E-state index in [2.05, 4.69) is 20.9 Å². The van der Waals surface area contributed by atoms with Gasteiger partial charge in [0.05, 0.1) is 24.9 Å². The van der Waals surface area contributed by atoms with Gasteiger partial charge in [-0.1, -0.05) is 29.8 Å². The molecule has 0 atom stereocenters. The van der Waals surface area contributed by atoms with E-state index < -0.39 is 6.03 Å². The first-order valence-electron chi connectivity index (χ1n) is 8.55. The van der Waals surface area contributed by atoms with E-state index >= 15 is 0 Å². The van der Waals surface area contributed by atoms with Crippen LogP contribution in [0, 0.1) is 6.92 Å². The molecule has 28 heavy (non-hydrogen) atoms. The molecular weight excluding hydrogens is 376 g/mol. The second-order valence-corrected chi connectivity index (χ2v) is 6.87. The number of aryl methyl sites for hydroxylation is 1. The summed E-state index contributed by atoms with van der Waals surface area (Å²) in [5.41, 5.74) is 3.00. The maximum absolute atomic E-state index is 12.2. The van der Waals surface area contributed by atoms with Crippen molar-refractivity contribution < 1.29 is 14.3 Å². The van der Waals surface area contributed by atoms with Crippen molar-refractivity contribution in [3.8, 4) is 5.75 Å². The van der Waals surface area contributed by atoms with E-state index in [1.54, 1.807) is 23.6 Å². The molecule has 7 nitrogen and oxygen atoms in total. The summed E-state index contributed by atoms with van der Waals surface area (Å²) >= 11 is 1.25. The minimum atomic E-state index is -0.436. The molecule has 0 unspecified atom stereocenters. The third kappa shape index (κ3) is 5.31. The van der Waals surface area contributed by atoms with Gasteiger partial charge in [0.25, 0.3) is 0 Å². The molecule has 0 aliphatic rings. The molecule has 0 spiro atoms. The highest BCUT2D eigenvalue weighted by Gasteiger charge is 2.11. The molecule has 3 N–H and O–H groups in total. The standard InChI is InChI=1S/C20H20N4O3S/c1-13-7-9-14(10-8-13)21-18(25)11-15-12-28-20(22-15)24-19(26)23-16-5-3-4-6-17(16)27-2/h3-10,12H,11H2,1-2H3,(H,21,25)(H2,22,23,24,26). The zero-order chi connectivity index (χ0) is 19.9. The summed E-state index contributed by atoms with van der Waals surface area (Å²) in [6.45, 7) is 1.99. The highest BCUT2D eigenvalue weighted by atomic mass is 32.1. The van der Waals surface area contributed by atoms with Gasteiger partial charge in [-0.25, -0.2) is 9.78 Å². The van der Waals surface area contributed by atoms with Gasteiger partial charge in [-0.05, 0) is 31.2 Å². The minimum Gasteiger partial charge on any atom is -0.495 e. The van der Waals surface area contributed by atoms with E-state index in [0.29, 0.717) is 22.3 Å². The van der Waals surface area contributed by atoms with Crippen molar-refractivity contribution in [2.75, 3.05) is 23.1 Å². The van der Waals surface area contributed by atoms with Crippen LogP contribution in [-0.2, 0) is 11.2 Å². The minimum absolute atomic E-state index is 0.125. The molecule has 0 aliphatic carbocycles. The number of ether oxygens (including phenoxy) is 1. The molecule has 3 rings (SSSR count). The van der Waals surface area contributed by atoms with Crippen LogP contribution in [0.3, 0.4) is 0 Å². The average Bonchev–Trinajstić information content (AvgIpc) is 3.10. The van der Waals surface area contributed by atoms with Crippen LogP contribution in [-0.4, -0.2) is 24.0 Å². The Balaban J connectivity index is 1.54. The van der Waals surface area contributed by atoms with Crippen LogP contribution in [0.4, 0.5) is 21.3 Å². The molecule has 3 aromatic rings. The number of urea groups is 1. The normalized spacial score (nSPS) is 10.2. The fourth-order valence-corrected chi connectivity index (χ4v) is 3.16. The number of methoxy groups -OCH3 is 1. The Hall–Kier alpha value is -3.39. The summed E-state index contributed by atoms with van der Waals surface area (Å²) in [4.78, 5) is 28.6. The first kappa shape index (κ1) is 19.4. The van der Waals surface area contributed by atoms with Crippen molar-refractivity contribution in [2.24, 2.45) is 0 Å². The number of aromatic nitrogens is 1. The summed E-state index contributed by atoms with van der Waals surface area (Å²) in [6.07, 6.45) is 0.125. The van der Waals surface area contributed by atoms with Crippen LogP contribution in [0.25, 0.3) is 0 Å². The van der Waals surface area contributed by atoms with E-state index in [0.717, 1.165) is 11.3 Å². The Morgan fingerprint density at radius 3 is 2.54 bits per heavy atom. The van der Waals surface area contributed by atoms with Gasteiger partial charge in [-0.2, -0.15) is 0 Å². The number of anilines is 3. The van der Waals surface area contributed by atoms with E-state index in [1.807, 2.05) is 37.3 Å². The number of nitrogens with zero attached hydrogens (tertiary/aromatic N) is 1. The Morgan fingerprint density at radius 1 is 1.04 bits per heavy atom. The van der Waals surface area contributed by atoms with Crippen molar-refractivity contribution >= 4 is 39.8 Å². The lowest BCUT2D eigenvalue weighted by atomic mass is 10.2. The van der Waals surface area contributed by atoms with Gasteiger partial charge in [-0.3, -0.25) is 10.1 Å². The second kappa shape index (κ2) is 9.01. The number of hydrogen-bond acceptors (Lipinski definition) is 5. The molecule has 144 valence electrons. The fourth-order valence-electron chi connectivity index (χ4n) is 2.45. The molecule has 0 saturated heterocycles. The maximum Gasteiger partial charge on any atom is 0.325 e. The Morgan fingerprint density at radius 2 is 1.79 bits per heavy atom. The first-order valence-corrected chi connectivity index (χ1v) is 9.43. The van der Waals surface area contributed by atoms with E-state index in [-0.39, 0.29) is 12.3 Å². The van der Waals surface area contributed by atoms with E-state index in [1.165, 1.54) is 18.4 Å². The third-order valence-corrected chi connectivity index (χ3v) is 4.61. The Bertz CT molecular complexity index is 970. The van der Waals surface area contributed by atoms with Crippen molar-refractivity contribution in [1.82, 2.24) is 4.98 Å². The van der Waals surface area contributed by atoms with Crippen molar-refractivity contribution in [2.45, 2.75) is 13.3 Å². The highest BCUT2D eigenvalue weighted by Crippen LogP contribution is 2.23. The quantitative estimate of drug-likeness (QED) is 0.580. The Kier molecular flexibility index (Phi) is 6.23. The van der Waals surface area contributed by atoms with Gasteiger partial charge < -0.3 is 15.4 Å². The van der Waals surface area contributed by atoms with Gasteiger partial charge >= 0.3 is 6.03 Å². The molecule has 0 saturated carbocycles. The van der Waals surface area contributed by atoms with Crippen LogP contribution >= 0.6 is 11.3 Å². The fraction of sp³-hybridized carbons (Fsp3) is 0.150. The molecule has 0 radical (unpaired) electrons. The molecule has 8 heteroatoms.